The Morgan fingerprint density at radius 2 is 2.03 bits per heavy atom. The summed E-state index contributed by atoms with van der Waals surface area (Å²) in [5, 5.41) is 4.65. The van der Waals surface area contributed by atoms with Gasteiger partial charge in [-0.05, 0) is 49.4 Å². The lowest BCUT2D eigenvalue weighted by atomic mass is 10.00. The second kappa shape index (κ2) is 9.06. The Labute approximate surface area is 186 Å². The fourth-order valence-corrected chi connectivity index (χ4v) is 4.10. The van der Waals surface area contributed by atoms with Crippen LogP contribution >= 0.6 is 11.6 Å². The maximum absolute atomic E-state index is 12.5. The van der Waals surface area contributed by atoms with Crippen molar-refractivity contribution in [1.82, 2.24) is 14.5 Å². The van der Waals surface area contributed by atoms with Crippen molar-refractivity contribution in [3.8, 4) is 0 Å². The van der Waals surface area contributed by atoms with Crippen LogP contribution in [0.15, 0.2) is 35.3 Å². The van der Waals surface area contributed by atoms with Gasteiger partial charge in [0.25, 0.3) is 5.56 Å². The number of fused-ring (bicyclic) bond motifs is 1. The van der Waals surface area contributed by atoms with Gasteiger partial charge in [-0.25, -0.2) is 4.98 Å². The van der Waals surface area contributed by atoms with Crippen LogP contribution in [0.25, 0.3) is 10.9 Å². The molecule has 1 aliphatic heterocycles. The van der Waals surface area contributed by atoms with E-state index in [1.165, 1.54) is 0 Å². The van der Waals surface area contributed by atoms with E-state index in [2.05, 4.69) is 27.1 Å². The Hall–Kier alpha value is -2.93. The van der Waals surface area contributed by atoms with Crippen molar-refractivity contribution in [3.63, 3.8) is 0 Å². The maximum atomic E-state index is 12.5. The number of nitrogens with one attached hydrogen (secondary N) is 1. The molecule has 0 bridgehead atoms. The van der Waals surface area contributed by atoms with E-state index < -0.39 is 0 Å². The molecule has 3 aromatic rings. The van der Waals surface area contributed by atoms with Crippen LogP contribution in [0, 0.1) is 5.92 Å². The molecule has 0 radical (unpaired) electrons. The third kappa shape index (κ3) is 4.56. The molecule has 0 saturated carbocycles. The summed E-state index contributed by atoms with van der Waals surface area (Å²) in [6.07, 6.45) is 5.48. The number of aromatic nitrogens is 3. The number of aryl methyl sites for hydroxylation is 2. The van der Waals surface area contributed by atoms with Crippen molar-refractivity contribution in [2.24, 2.45) is 13.0 Å². The van der Waals surface area contributed by atoms with Crippen LogP contribution in [0.1, 0.15) is 31.7 Å². The summed E-state index contributed by atoms with van der Waals surface area (Å²) in [6, 6.07) is 7.60. The van der Waals surface area contributed by atoms with Crippen molar-refractivity contribution in [2.75, 3.05) is 23.3 Å². The molecule has 162 valence electrons. The number of hydrogen-bond acceptors (Lipinski definition) is 6. The topological polar surface area (TPSA) is 80.1 Å². The predicted molar refractivity (Wildman–Crippen MR) is 125 cm³/mol. The van der Waals surface area contributed by atoms with Gasteiger partial charge in [-0.15, -0.1) is 0 Å². The SMILES string of the molecule is CC1CCN(c2ncc(Cl)c(Nc3ccc4c(c3)cc(CCC=O)c(=O)n4C)n2)CC1. The van der Waals surface area contributed by atoms with Gasteiger partial charge in [0.05, 0.1) is 11.7 Å². The van der Waals surface area contributed by atoms with Crippen LogP contribution in [0.3, 0.4) is 0 Å². The molecule has 0 spiro atoms. The number of hydrogen-bond donors (Lipinski definition) is 1. The lowest BCUT2D eigenvalue weighted by Gasteiger charge is -2.30. The van der Waals surface area contributed by atoms with Gasteiger partial charge in [-0.3, -0.25) is 4.79 Å². The Kier molecular flexibility index (Phi) is 6.23. The van der Waals surface area contributed by atoms with E-state index in [-0.39, 0.29) is 5.56 Å². The number of carbonyl (C=O) groups excluding carboxylic acids is 1. The number of halogens is 1. The molecule has 31 heavy (non-hydrogen) atoms. The first kappa shape index (κ1) is 21.3. The quantitative estimate of drug-likeness (QED) is 0.582. The Balaban J connectivity index is 1.63. The number of aldehydes is 1. The Morgan fingerprint density at radius 1 is 1.26 bits per heavy atom. The maximum Gasteiger partial charge on any atom is 0.253 e. The molecule has 1 fully saturated rings. The summed E-state index contributed by atoms with van der Waals surface area (Å²) in [4.78, 5) is 34.5. The second-order valence-corrected chi connectivity index (χ2v) is 8.58. The van der Waals surface area contributed by atoms with E-state index in [1.807, 2.05) is 24.3 Å². The smallest absolute Gasteiger partial charge is 0.253 e. The number of benzene rings is 1. The van der Waals surface area contributed by atoms with Crippen molar-refractivity contribution < 1.29 is 4.79 Å². The Morgan fingerprint density at radius 3 is 2.77 bits per heavy atom. The fraction of sp³-hybridized carbons (Fsp3) is 0.391. The second-order valence-electron chi connectivity index (χ2n) is 8.17. The molecule has 1 aliphatic rings. The number of rotatable bonds is 6. The zero-order chi connectivity index (χ0) is 22.0. The van der Waals surface area contributed by atoms with Crippen LogP contribution in [0.4, 0.5) is 17.5 Å². The van der Waals surface area contributed by atoms with Gasteiger partial charge in [0, 0.05) is 43.2 Å². The Bertz CT molecular complexity index is 1170. The normalized spacial score (nSPS) is 14.7. The first-order valence-electron chi connectivity index (χ1n) is 10.6. The molecule has 3 heterocycles. The van der Waals surface area contributed by atoms with Gasteiger partial charge in [0.1, 0.15) is 11.3 Å². The predicted octanol–water partition coefficient (Wildman–Crippen LogP) is 4.09. The molecule has 8 heteroatoms. The van der Waals surface area contributed by atoms with Gasteiger partial charge in [-0.1, -0.05) is 18.5 Å². The lowest BCUT2D eigenvalue weighted by Crippen LogP contribution is -2.34. The van der Waals surface area contributed by atoms with E-state index >= 15 is 0 Å². The van der Waals surface area contributed by atoms with E-state index in [0.717, 1.165) is 54.7 Å². The van der Waals surface area contributed by atoms with Gasteiger partial charge >= 0.3 is 0 Å². The summed E-state index contributed by atoms with van der Waals surface area (Å²) in [6.45, 7) is 4.15. The van der Waals surface area contributed by atoms with Crippen LogP contribution in [-0.2, 0) is 18.3 Å². The number of anilines is 3. The molecular weight excluding hydrogens is 414 g/mol. The fourth-order valence-electron chi connectivity index (χ4n) is 3.96. The number of pyridine rings is 1. The van der Waals surface area contributed by atoms with E-state index in [4.69, 9.17) is 11.6 Å². The monoisotopic (exact) mass is 439 g/mol. The van der Waals surface area contributed by atoms with E-state index in [1.54, 1.807) is 17.8 Å². The van der Waals surface area contributed by atoms with Crippen molar-refractivity contribution in [3.05, 3.63) is 51.4 Å². The highest BCUT2D eigenvalue weighted by Crippen LogP contribution is 2.28. The molecule has 0 atom stereocenters. The van der Waals surface area contributed by atoms with E-state index in [9.17, 15) is 9.59 Å². The number of piperidine rings is 1. The van der Waals surface area contributed by atoms with Gasteiger partial charge in [-0.2, -0.15) is 4.98 Å². The molecule has 1 saturated heterocycles. The van der Waals surface area contributed by atoms with Crippen LogP contribution in [0.5, 0.6) is 0 Å². The lowest BCUT2D eigenvalue weighted by molar-refractivity contribution is -0.107. The minimum absolute atomic E-state index is 0.0746. The third-order valence-corrected chi connectivity index (χ3v) is 6.17. The van der Waals surface area contributed by atoms with Crippen molar-refractivity contribution in [2.45, 2.75) is 32.6 Å². The molecule has 0 unspecified atom stereocenters. The number of nitrogens with zero attached hydrogens (tertiary/aromatic N) is 4. The number of carbonyl (C=O) groups is 1. The standard InChI is InChI=1S/C23H26ClN5O2/c1-15-7-9-29(10-8-15)23-25-14-19(24)21(27-23)26-18-5-6-20-17(13-18)12-16(4-3-11-30)22(31)28(20)2/h5-6,11-15H,3-4,7-10H2,1-2H3,(H,25,26,27). The van der Waals surface area contributed by atoms with Gasteiger partial charge in [0.15, 0.2) is 5.82 Å². The van der Waals surface area contributed by atoms with Gasteiger partial charge < -0.3 is 19.6 Å². The van der Waals surface area contributed by atoms with Crippen LogP contribution in [-0.4, -0.2) is 33.9 Å². The highest BCUT2D eigenvalue weighted by Gasteiger charge is 2.19. The molecule has 0 amide bonds. The molecule has 2 aromatic heterocycles. The molecule has 0 aliphatic carbocycles. The molecule has 7 nitrogen and oxygen atoms in total. The summed E-state index contributed by atoms with van der Waals surface area (Å²) >= 11 is 6.37. The molecular formula is C23H26ClN5O2. The zero-order valence-electron chi connectivity index (χ0n) is 17.8. The summed E-state index contributed by atoms with van der Waals surface area (Å²) in [5.41, 5.74) is 2.18. The van der Waals surface area contributed by atoms with Gasteiger partial charge in [0.2, 0.25) is 5.95 Å². The highest BCUT2D eigenvalue weighted by atomic mass is 35.5. The zero-order valence-corrected chi connectivity index (χ0v) is 18.5. The average Bonchev–Trinajstić information content (AvgIpc) is 2.77. The van der Waals surface area contributed by atoms with E-state index in [0.29, 0.717) is 35.2 Å². The first-order valence-corrected chi connectivity index (χ1v) is 10.9. The average molecular weight is 440 g/mol. The largest absolute Gasteiger partial charge is 0.341 e. The van der Waals surface area contributed by atoms with Crippen molar-refractivity contribution >= 4 is 46.2 Å². The van der Waals surface area contributed by atoms with Crippen LogP contribution < -0.4 is 15.8 Å². The highest BCUT2D eigenvalue weighted by molar-refractivity contribution is 6.32. The summed E-state index contributed by atoms with van der Waals surface area (Å²) in [7, 11) is 1.75. The molecule has 1 aromatic carbocycles. The van der Waals surface area contributed by atoms with Crippen molar-refractivity contribution in [1.29, 1.82) is 0 Å². The third-order valence-electron chi connectivity index (χ3n) is 5.89. The molecule has 1 N–H and O–H groups in total. The minimum Gasteiger partial charge on any atom is -0.341 e. The minimum atomic E-state index is -0.0746. The van der Waals surface area contributed by atoms with Crippen LogP contribution in [0.2, 0.25) is 5.02 Å². The first-order chi connectivity index (χ1) is 15.0. The summed E-state index contributed by atoms with van der Waals surface area (Å²) < 4.78 is 1.62. The summed E-state index contributed by atoms with van der Waals surface area (Å²) in [5.74, 6) is 1.96. The molecule has 4 rings (SSSR count).